The van der Waals surface area contributed by atoms with Crippen molar-refractivity contribution in [1.82, 2.24) is 25.3 Å². The molecule has 2 aromatic rings. The van der Waals surface area contributed by atoms with E-state index in [1.165, 1.54) is 0 Å². The first-order valence-electron chi connectivity index (χ1n) is 8.05. The Morgan fingerprint density at radius 3 is 2.75 bits per heavy atom. The topological polar surface area (TPSA) is 82.8 Å². The van der Waals surface area contributed by atoms with Crippen LogP contribution in [0.1, 0.15) is 26.5 Å². The van der Waals surface area contributed by atoms with Gasteiger partial charge in [0.2, 0.25) is 5.91 Å². The van der Waals surface area contributed by atoms with E-state index in [4.69, 9.17) is 0 Å². The van der Waals surface area contributed by atoms with E-state index < -0.39 is 0 Å². The monoisotopic (exact) mass is 330 g/mol. The molecule has 130 valence electrons. The van der Waals surface area contributed by atoms with Gasteiger partial charge < -0.3 is 20.4 Å². The minimum atomic E-state index is -0.237. The zero-order valence-corrected chi connectivity index (χ0v) is 14.8. The van der Waals surface area contributed by atoms with Gasteiger partial charge in [-0.15, -0.1) is 0 Å². The number of carbonyl (C=O) groups is 1. The largest absolute Gasteiger partial charge is 0.356 e. The molecule has 1 amide bonds. The standard InChI is InChI=1S/C17H26N6O/c1-17(2,3)22-15(24)11-20-16(18-4)19-9-8-13-12-23-10-6-5-7-14(23)21-13/h5-7,10,12H,8-9,11H2,1-4H3,(H,22,24)(H2,18,19,20). The molecule has 0 aliphatic rings. The quantitative estimate of drug-likeness (QED) is 0.563. The third kappa shape index (κ3) is 5.57. The summed E-state index contributed by atoms with van der Waals surface area (Å²) >= 11 is 0. The van der Waals surface area contributed by atoms with Crippen molar-refractivity contribution >= 4 is 17.5 Å². The number of fused-ring (bicyclic) bond motifs is 1. The van der Waals surface area contributed by atoms with Gasteiger partial charge >= 0.3 is 0 Å². The molecular formula is C17H26N6O. The SMILES string of the molecule is CN=C(NCCc1cn2ccccc2n1)NCC(=O)NC(C)(C)C. The van der Waals surface area contributed by atoms with E-state index in [1.807, 2.05) is 55.8 Å². The molecule has 0 aliphatic heterocycles. The fourth-order valence-corrected chi connectivity index (χ4v) is 2.26. The summed E-state index contributed by atoms with van der Waals surface area (Å²) in [6.45, 7) is 6.72. The molecule has 2 aromatic heterocycles. The molecular weight excluding hydrogens is 304 g/mol. The number of aliphatic imine (C=N–C) groups is 1. The predicted octanol–water partition coefficient (Wildman–Crippen LogP) is 0.957. The number of hydrogen-bond acceptors (Lipinski definition) is 3. The summed E-state index contributed by atoms with van der Waals surface area (Å²) in [6.07, 6.45) is 4.77. The lowest BCUT2D eigenvalue weighted by atomic mass is 10.1. The summed E-state index contributed by atoms with van der Waals surface area (Å²) in [5.41, 5.74) is 1.71. The molecule has 7 nitrogen and oxygen atoms in total. The van der Waals surface area contributed by atoms with Crippen molar-refractivity contribution in [3.05, 3.63) is 36.3 Å². The van der Waals surface area contributed by atoms with Crippen molar-refractivity contribution in [1.29, 1.82) is 0 Å². The lowest BCUT2D eigenvalue weighted by Crippen LogP contribution is -2.48. The zero-order valence-electron chi connectivity index (χ0n) is 14.8. The van der Waals surface area contributed by atoms with Crippen LogP contribution in [0.25, 0.3) is 5.65 Å². The Hall–Kier alpha value is -2.57. The van der Waals surface area contributed by atoms with E-state index in [2.05, 4.69) is 25.9 Å². The number of amides is 1. The average molecular weight is 330 g/mol. The maximum atomic E-state index is 11.8. The maximum absolute atomic E-state index is 11.8. The van der Waals surface area contributed by atoms with Crippen LogP contribution in [0.2, 0.25) is 0 Å². The van der Waals surface area contributed by atoms with Crippen molar-refractivity contribution < 1.29 is 4.79 Å². The van der Waals surface area contributed by atoms with E-state index in [0.29, 0.717) is 12.5 Å². The van der Waals surface area contributed by atoms with Crippen LogP contribution in [0.15, 0.2) is 35.6 Å². The molecule has 2 rings (SSSR count). The highest BCUT2D eigenvalue weighted by Gasteiger charge is 2.13. The van der Waals surface area contributed by atoms with Crippen LogP contribution in [0, 0.1) is 0 Å². The first-order valence-corrected chi connectivity index (χ1v) is 8.05. The summed E-state index contributed by atoms with van der Waals surface area (Å²) in [4.78, 5) is 20.5. The van der Waals surface area contributed by atoms with E-state index in [0.717, 1.165) is 17.8 Å². The van der Waals surface area contributed by atoms with Crippen molar-refractivity contribution in [2.24, 2.45) is 4.99 Å². The molecule has 0 aliphatic carbocycles. The lowest BCUT2D eigenvalue weighted by molar-refractivity contribution is -0.121. The number of imidazole rings is 1. The number of hydrogen-bond donors (Lipinski definition) is 3. The van der Waals surface area contributed by atoms with Crippen LogP contribution in [0.5, 0.6) is 0 Å². The molecule has 0 saturated heterocycles. The first-order chi connectivity index (χ1) is 11.4. The summed E-state index contributed by atoms with van der Waals surface area (Å²) < 4.78 is 2.00. The molecule has 0 aromatic carbocycles. The van der Waals surface area contributed by atoms with Gasteiger partial charge in [-0.1, -0.05) is 6.07 Å². The van der Waals surface area contributed by atoms with Gasteiger partial charge in [0.1, 0.15) is 5.65 Å². The van der Waals surface area contributed by atoms with E-state index >= 15 is 0 Å². The van der Waals surface area contributed by atoms with Gasteiger partial charge in [0.25, 0.3) is 0 Å². The lowest BCUT2D eigenvalue weighted by Gasteiger charge is -2.21. The Balaban J connectivity index is 1.76. The minimum Gasteiger partial charge on any atom is -0.356 e. The van der Waals surface area contributed by atoms with E-state index in [-0.39, 0.29) is 18.0 Å². The number of nitrogens with zero attached hydrogens (tertiary/aromatic N) is 3. The van der Waals surface area contributed by atoms with Gasteiger partial charge in [-0.3, -0.25) is 9.79 Å². The van der Waals surface area contributed by atoms with Crippen LogP contribution >= 0.6 is 0 Å². The number of guanidine groups is 1. The van der Waals surface area contributed by atoms with Crippen molar-refractivity contribution in [3.8, 4) is 0 Å². The second-order valence-electron chi connectivity index (χ2n) is 6.60. The van der Waals surface area contributed by atoms with Crippen LogP contribution < -0.4 is 16.0 Å². The fraction of sp³-hybridized carbons (Fsp3) is 0.471. The Morgan fingerprint density at radius 2 is 2.08 bits per heavy atom. The fourth-order valence-electron chi connectivity index (χ4n) is 2.26. The molecule has 2 heterocycles. The highest BCUT2D eigenvalue weighted by atomic mass is 16.2. The van der Waals surface area contributed by atoms with E-state index in [1.54, 1.807) is 7.05 Å². The Labute approximate surface area is 142 Å². The Kier molecular flexibility index (Phi) is 5.78. The van der Waals surface area contributed by atoms with Crippen molar-refractivity contribution in [2.75, 3.05) is 20.1 Å². The van der Waals surface area contributed by atoms with Gasteiger partial charge in [0.05, 0.1) is 12.2 Å². The Bertz CT molecular complexity index is 680. The third-order valence-corrected chi connectivity index (χ3v) is 3.24. The summed E-state index contributed by atoms with van der Waals surface area (Å²) in [6, 6.07) is 5.93. The van der Waals surface area contributed by atoms with Gasteiger partial charge in [-0.2, -0.15) is 0 Å². The molecule has 0 fully saturated rings. The molecule has 3 N–H and O–H groups in total. The summed E-state index contributed by atoms with van der Waals surface area (Å²) in [7, 11) is 1.68. The van der Waals surface area contributed by atoms with Crippen LogP contribution in [0.3, 0.4) is 0 Å². The highest BCUT2D eigenvalue weighted by Crippen LogP contribution is 2.04. The minimum absolute atomic E-state index is 0.0641. The van der Waals surface area contributed by atoms with Gasteiger partial charge in [-0.05, 0) is 32.9 Å². The summed E-state index contributed by atoms with van der Waals surface area (Å²) in [5, 5.41) is 9.09. The number of aromatic nitrogens is 2. The van der Waals surface area contributed by atoms with Crippen LogP contribution in [0.4, 0.5) is 0 Å². The highest BCUT2D eigenvalue weighted by molar-refractivity contribution is 5.86. The van der Waals surface area contributed by atoms with Crippen molar-refractivity contribution in [2.45, 2.75) is 32.7 Å². The normalized spacial score (nSPS) is 12.2. The molecule has 0 bridgehead atoms. The smallest absolute Gasteiger partial charge is 0.239 e. The van der Waals surface area contributed by atoms with Gasteiger partial charge in [0, 0.05) is 37.9 Å². The number of pyridine rings is 1. The van der Waals surface area contributed by atoms with Crippen LogP contribution in [-0.2, 0) is 11.2 Å². The van der Waals surface area contributed by atoms with Gasteiger partial charge in [0.15, 0.2) is 5.96 Å². The zero-order chi connectivity index (χ0) is 17.6. The van der Waals surface area contributed by atoms with Crippen molar-refractivity contribution in [3.63, 3.8) is 0 Å². The molecule has 24 heavy (non-hydrogen) atoms. The number of rotatable bonds is 5. The number of nitrogens with one attached hydrogen (secondary N) is 3. The third-order valence-electron chi connectivity index (χ3n) is 3.24. The maximum Gasteiger partial charge on any atom is 0.239 e. The van der Waals surface area contributed by atoms with Crippen LogP contribution in [-0.4, -0.2) is 46.9 Å². The molecule has 0 spiro atoms. The average Bonchev–Trinajstić information content (AvgIpc) is 2.91. The number of carbonyl (C=O) groups excluding carboxylic acids is 1. The summed E-state index contributed by atoms with van der Waals surface area (Å²) in [5.74, 6) is 0.536. The first kappa shape index (κ1) is 17.8. The molecule has 0 radical (unpaired) electrons. The van der Waals surface area contributed by atoms with Gasteiger partial charge in [-0.25, -0.2) is 4.98 Å². The molecule has 7 heteroatoms. The van der Waals surface area contributed by atoms with E-state index in [9.17, 15) is 4.79 Å². The molecule has 0 saturated carbocycles. The second-order valence-corrected chi connectivity index (χ2v) is 6.60. The molecule has 0 atom stereocenters. The second kappa shape index (κ2) is 7.81. The Morgan fingerprint density at radius 1 is 1.29 bits per heavy atom. The predicted molar refractivity (Wildman–Crippen MR) is 96.2 cm³/mol. The molecule has 0 unspecified atom stereocenters.